The molecule has 0 aromatic rings. The summed E-state index contributed by atoms with van der Waals surface area (Å²) < 4.78 is 11.2. The van der Waals surface area contributed by atoms with Crippen LogP contribution in [0.2, 0.25) is 0 Å². The molecule has 0 atom stereocenters. The van der Waals surface area contributed by atoms with Crippen molar-refractivity contribution in [2.24, 2.45) is 5.92 Å². The summed E-state index contributed by atoms with van der Waals surface area (Å²) in [6.07, 6.45) is 13.0. The number of hydrogen-bond acceptors (Lipinski definition) is 5. The SMILES string of the molecule is CSC1COC(/C=C/C=C/C2CCC([N+](=O)[O-])CC2)OC1. The lowest BCUT2D eigenvalue weighted by Crippen LogP contribution is -2.32. The zero-order valence-corrected chi connectivity index (χ0v) is 13.2. The molecule has 1 saturated carbocycles. The van der Waals surface area contributed by atoms with Crippen LogP contribution in [0.15, 0.2) is 24.3 Å². The van der Waals surface area contributed by atoms with Crippen molar-refractivity contribution < 1.29 is 14.4 Å². The highest BCUT2D eigenvalue weighted by atomic mass is 32.2. The van der Waals surface area contributed by atoms with Crippen molar-refractivity contribution in [2.45, 2.75) is 43.3 Å². The van der Waals surface area contributed by atoms with Crippen LogP contribution in [0.25, 0.3) is 0 Å². The summed E-state index contributed by atoms with van der Waals surface area (Å²) in [5.74, 6) is 0.458. The maximum Gasteiger partial charge on any atom is 0.213 e. The van der Waals surface area contributed by atoms with E-state index in [4.69, 9.17) is 9.47 Å². The number of allylic oxidation sites excluding steroid dienone is 3. The second-order valence-electron chi connectivity index (χ2n) is 5.52. The van der Waals surface area contributed by atoms with Crippen LogP contribution in [0.4, 0.5) is 0 Å². The lowest BCUT2D eigenvalue weighted by Gasteiger charge is -2.26. The van der Waals surface area contributed by atoms with Gasteiger partial charge in [0.1, 0.15) is 0 Å². The van der Waals surface area contributed by atoms with Crippen molar-refractivity contribution in [1.29, 1.82) is 0 Å². The van der Waals surface area contributed by atoms with Gasteiger partial charge < -0.3 is 9.47 Å². The summed E-state index contributed by atoms with van der Waals surface area (Å²) in [6.45, 7) is 1.45. The molecule has 118 valence electrons. The summed E-state index contributed by atoms with van der Waals surface area (Å²) in [6, 6.07) is -0.335. The Balaban J connectivity index is 1.66. The maximum atomic E-state index is 10.7. The third kappa shape index (κ3) is 5.45. The van der Waals surface area contributed by atoms with E-state index in [0.29, 0.717) is 24.0 Å². The van der Waals surface area contributed by atoms with Crippen LogP contribution >= 0.6 is 11.8 Å². The molecule has 1 aliphatic heterocycles. The number of nitrogens with zero attached hydrogens (tertiary/aromatic N) is 1. The minimum atomic E-state index is -0.335. The van der Waals surface area contributed by atoms with Crippen LogP contribution < -0.4 is 0 Å². The molecule has 2 aliphatic rings. The molecule has 2 fully saturated rings. The summed E-state index contributed by atoms with van der Waals surface area (Å²) >= 11 is 1.76. The first-order chi connectivity index (χ1) is 10.2. The summed E-state index contributed by atoms with van der Waals surface area (Å²) in [7, 11) is 0. The highest BCUT2D eigenvalue weighted by Crippen LogP contribution is 2.26. The average molecular weight is 313 g/mol. The fraction of sp³-hybridized carbons (Fsp3) is 0.733. The zero-order valence-electron chi connectivity index (χ0n) is 12.3. The first-order valence-corrected chi connectivity index (χ1v) is 8.72. The molecule has 0 unspecified atom stereocenters. The van der Waals surface area contributed by atoms with Crippen LogP contribution in [0.5, 0.6) is 0 Å². The smallest absolute Gasteiger partial charge is 0.213 e. The number of ether oxygens (including phenoxy) is 2. The van der Waals surface area contributed by atoms with Gasteiger partial charge >= 0.3 is 0 Å². The second-order valence-corrected chi connectivity index (χ2v) is 6.65. The Morgan fingerprint density at radius 1 is 1.10 bits per heavy atom. The molecule has 0 aromatic carbocycles. The van der Waals surface area contributed by atoms with Gasteiger partial charge in [0, 0.05) is 17.8 Å². The van der Waals surface area contributed by atoms with E-state index in [-0.39, 0.29) is 17.3 Å². The van der Waals surface area contributed by atoms with Gasteiger partial charge in [-0.3, -0.25) is 10.1 Å². The fourth-order valence-corrected chi connectivity index (χ4v) is 3.06. The van der Waals surface area contributed by atoms with Gasteiger partial charge in [-0.05, 0) is 31.1 Å². The highest BCUT2D eigenvalue weighted by Gasteiger charge is 2.26. The fourth-order valence-electron chi connectivity index (χ4n) is 2.63. The van der Waals surface area contributed by atoms with Gasteiger partial charge in [0.05, 0.1) is 18.5 Å². The summed E-state index contributed by atoms with van der Waals surface area (Å²) in [4.78, 5) is 10.5. The van der Waals surface area contributed by atoms with Gasteiger partial charge in [0.2, 0.25) is 6.04 Å². The minimum Gasteiger partial charge on any atom is -0.348 e. The van der Waals surface area contributed by atoms with Gasteiger partial charge in [0.25, 0.3) is 0 Å². The molecule has 1 saturated heterocycles. The molecule has 0 N–H and O–H groups in total. The van der Waals surface area contributed by atoms with E-state index in [1.807, 2.05) is 18.2 Å². The first-order valence-electron chi connectivity index (χ1n) is 7.43. The van der Waals surface area contributed by atoms with Crippen LogP contribution in [0, 0.1) is 16.0 Å². The highest BCUT2D eigenvalue weighted by molar-refractivity contribution is 7.99. The van der Waals surface area contributed by atoms with Crippen molar-refractivity contribution in [3.05, 3.63) is 34.4 Å². The Labute approximate surface area is 129 Å². The molecule has 6 heteroatoms. The largest absolute Gasteiger partial charge is 0.348 e. The second kappa shape index (κ2) is 8.56. The van der Waals surface area contributed by atoms with E-state index in [9.17, 15) is 10.1 Å². The molecule has 0 spiro atoms. The van der Waals surface area contributed by atoms with Crippen LogP contribution in [0.3, 0.4) is 0 Å². The molecule has 1 heterocycles. The van der Waals surface area contributed by atoms with Crippen molar-refractivity contribution in [2.75, 3.05) is 19.5 Å². The monoisotopic (exact) mass is 313 g/mol. The van der Waals surface area contributed by atoms with Crippen LogP contribution in [0.1, 0.15) is 25.7 Å². The van der Waals surface area contributed by atoms with Crippen molar-refractivity contribution >= 4 is 11.8 Å². The summed E-state index contributed by atoms with van der Waals surface area (Å²) in [5, 5.41) is 11.1. The molecule has 21 heavy (non-hydrogen) atoms. The standard InChI is InChI=1S/C15H23NO4S/c1-21-14-10-19-15(20-11-14)5-3-2-4-12-6-8-13(9-7-12)16(17)18/h2-5,12-15H,6-11H2,1H3/b4-2+,5-3+. The number of thioether (sulfide) groups is 1. The number of rotatable bonds is 5. The lowest BCUT2D eigenvalue weighted by atomic mass is 9.86. The van der Waals surface area contributed by atoms with Crippen LogP contribution in [-0.2, 0) is 9.47 Å². The van der Waals surface area contributed by atoms with E-state index in [0.717, 1.165) is 26.1 Å². The molecular formula is C15H23NO4S. The topological polar surface area (TPSA) is 61.6 Å². The molecule has 1 aliphatic carbocycles. The predicted molar refractivity (Wildman–Crippen MR) is 84.0 cm³/mol. The Morgan fingerprint density at radius 2 is 1.71 bits per heavy atom. The molecular weight excluding hydrogens is 290 g/mol. The van der Waals surface area contributed by atoms with Crippen molar-refractivity contribution in [3.63, 3.8) is 0 Å². The number of nitro groups is 1. The van der Waals surface area contributed by atoms with Gasteiger partial charge in [-0.1, -0.05) is 18.2 Å². The van der Waals surface area contributed by atoms with E-state index < -0.39 is 0 Å². The average Bonchev–Trinajstić information content (AvgIpc) is 2.52. The third-order valence-corrected chi connectivity index (χ3v) is 4.97. The van der Waals surface area contributed by atoms with Gasteiger partial charge in [-0.2, -0.15) is 11.8 Å². The molecule has 5 nitrogen and oxygen atoms in total. The van der Waals surface area contributed by atoms with E-state index in [1.54, 1.807) is 11.8 Å². The normalized spacial score (nSPS) is 34.5. The third-order valence-electron chi connectivity index (χ3n) is 4.03. The van der Waals surface area contributed by atoms with Gasteiger partial charge in [-0.25, -0.2) is 0 Å². The quantitative estimate of drug-likeness (QED) is 0.443. The number of hydrogen-bond donors (Lipinski definition) is 0. The molecule has 0 radical (unpaired) electrons. The Bertz CT molecular complexity index is 383. The molecule has 0 bridgehead atoms. The van der Waals surface area contributed by atoms with E-state index in [1.165, 1.54) is 0 Å². The Morgan fingerprint density at radius 3 is 2.29 bits per heavy atom. The van der Waals surface area contributed by atoms with Gasteiger partial charge in [0.15, 0.2) is 6.29 Å². The van der Waals surface area contributed by atoms with Crippen molar-refractivity contribution in [3.8, 4) is 0 Å². The Kier molecular flexibility index (Phi) is 6.73. The van der Waals surface area contributed by atoms with Gasteiger partial charge in [-0.15, -0.1) is 0 Å². The molecule has 2 rings (SSSR count). The predicted octanol–water partition coefficient (Wildman–Crippen LogP) is 3.04. The molecule has 0 aromatic heterocycles. The van der Waals surface area contributed by atoms with E-state index >= 15 is 0 Å². The maximum absolute atomic E-state index is 10.7. The lowest BCUT2D eigenvalue weighted by molar-refractivity contribution is -0.526. The zero-order chi connectivity index (χ0) is 15.1. The van der Waals surface area contributed by atoms with Crippen molar-refractivity contribution in [1.82, 2.24) is 0 Å². The van der Waals surface area contributed by atoms with E-state index in [2.05, 4.69) is 12.3 Å². The minimum absolute atomic E-state index is 0.139. The summed E-state index contributed by atoms with van der Waals surface area (Å²) in [5.41, 5.74) is 0. The Hall–Kier alpha value is -0.850. The first kappa shape index (κ1) is 16.5. The van der Waals surface area contributed by atoms with Crippen LogP contribution in [-0.4, -0.2) is 42.0 Å². The molecule has 0 amide bonds.